The molecule has 0 aliphatic heterocycles. The SMILES string of the molecule is CC(C)(CNC(=O)NCCS(C)(=O)=O)Cc1cccc(Cl)c1. The molecule has 0 heterocycles. The van der Waals surface area contributed by atoms with Crippen molar-refractivity contribution in [2.24, 2.45) is 5.41 Å². The van der Waals surface area contributed by atoms with Gasteiger partial charge in [0.2, 0.25) is 0 Å². The first-order valence-corrected chi connectivity index (χ1v) is 9.45. The Hall–Kier alpha value is -1.27. The van der Waals surface area contributed by atoms with Gasteiger partial charge in [-0.3, -0.25) is 0 Å². The van der Waals surface area contributed by atoms with Crippen molar-refractivity contribution < 1.29 is 13.2 Å². The summed E-state index contributed by atoms with van der Waals surface area (Å²) in [6, 6.07) is 7.28. The fraction of sp³-hybridized carbons (Fsp3) is 0.533. The van der Waals surface area contributed by atoms with Gasteiger partial charge >= 0.3 is 6.03 Å². The molecule has 0 fully saturated rings. The molecule has 0 aromatic heterocycles. The lowest BCUT2D eigenvalue weighted by Crippen LogP contribution is -2.42. The Morgan fingerprint density at radius 3 is 2.55 bits per heavy atom. The van der Waals surface area contributed by atoms with Gasteiger partial charge in [-0.25, -0.2) is 13.2 Å². The zero-order chi connectivity index (χ0) is 16.8. The second kappa shape index (κ2) is 7.83. The van der Waals surface area contributed by atoms with Gasteiger partial charge in [0.1, 0.15) is 9.84 Å². The van der Waals surface area contributed by atoms with Crippen molar-refractivity contribution in [1.82, 2.24) is 10.6 Å². The third kappa shape index (κ3) is 8.24. The van der Waals surface area contributed by atoms with Gasteiger partial charge in [0.25, 0.3) is 0 Å². The van der Waals surface area contributed by atoms with E-state index in [1.807, 2.05) is 38.1 Å². The number of nitrogens with one attached hydrogen (secondary N) is 2. The van der Waals surface area contributed by atoms with Crippen molar-refractivity contribution in [2.75, 3.05) is 25.1 Å². The molecule has 0 aliphatic rings. The van der Waals surface area contributed by atoms with E-state index < -0.39 is 9.84 Å². The molecule has 0 atom stereocenters. The zero-order valence-electron chi connectivity index (χ0n) is 13.1. The number of rotatable bonds is 7. The number of sulfone groups is 1. The van der Waals surface area contributed by atoms with E-state index in [2.05, 4.69) is 10.6 Å². The molecule has 124 valence electrons. The van der Waals surface area contributed by atoms with Crippen LogP contribution in [0, 0.1) is 5.41 Å². The molecule has 0 saturated carbocycles. The molecule has 0 bridgehead atoms. The standard InChI is InChI=1S/C15H23ClN2O3S/c1-15(2,10-12-5-4-6-13(16)9-12)11-18-14(19)17-7-8-22(3,20)21/h4-6,9H,7-8,10-11H2,1-3H3,(H2,17,18,19). The second-order valence-corrected chi connectivity index (χ2v) is 8.91. The Bertz CT molecular complexity index is 615. The van der Waals surface area contributed by atoms with Gasteiger partial charge in [-0.1, -0.05) is 37.6 Å². The van der Waals surface area contributed by atoms with Crippen LogP contribution in [0.15, 0.2) is 24.3 Å². The molecule has 0 aliphatic carbocycles. The minimum atomic E-state index is -3.06. The first-order chi connectivity index (χ1) is 10.1. The van der Waals surface area contributed by atoms with E-state index in [4.69, 9.17) is 11.6 Å². The van der Waals surface area contributed by atoms with E-state index in [9.17, 15) is 13.2 Å². The van der Waals surface area contributed by atoms with Gasteiger partial charge in [0, 0.05) is 24.4 Å². The average molecular weight is 347 g/mol. The van der Waals surface area contributed by atoms with Crippen molar-refractivity contribution in [2.45, 2.75) is 20.3 Å². The molecular formula is C15H23ClN2O3S. The molecule has 2 N–H and O–H groups in total. The normalized spacial score (nSPS) is 12.0. The molecule has 1 rings (SSSR count). The molecule has 0 unspecified atom stereocenters. The Balaban J connectivity index is 2.40. The van der Waals surface area contributed by atoms with E-state index in [1.54, 1.807) is 0 Å². The van der Waals surface area contributed by atoms with E-state index in [-0.39, 0.29) is 23.7 Å². The summed E-state index contributed by atoms with van der Waals surface area (Å²) in [5.74, 6) is -0.0632. The minimum absolute atomic E-state index is 0.0632. The van der Waals surface area contributed by atoms with Gasteiger partial charge in [0.05, 0.1) is 5.75 Å². The minimum Gasteiger partial charge on any atom is -0.338 e. The molecule has 22 heavy (non-hydrogen) atoms. The van der Waals surface area contributed by atoms with Crippen LogP contribution in [0.5, 0.6) is 0 Å². The number of carbonyl (C=O) groups is 1. The Kier molecular flexibility index (Phi) is 6.68. The molecule has 1 aromatic carbocycles. The van der Waals surface area contributed by atoms with Crippen LogP contribution in [0.4, 0.5) is 4.79 Å². The number of amides is 2. The topological polar surface area (TPSA) is 75.3 Å². The summed E-state index contributed by atoms with van der Waals surface area (Å²) in [5, 5.41) is 5.99. The van der Waals surface area contributed by atoms with Crippen LogP contribution in [0.3, 0.4) is 0 Å². The summed E-state index contributed by atoms with van der Waals surface area (Å²) < 4.78 is 22.0. The Morgan fingerprint density at radius 1 is 1.27 bits per heavy atom. The number of hydrogen-bond acceptors (Lipinski definition) is 3. The predicted octanol–water partition coefficient (Wildman–Crippen LogP) is 2.25. The van der Waals surface area contributed by atoms with Gasteiger partial charge in [-0.15, -0.1) is 0 Å². The summed E-state index contributed by atoms with van der Waals surface area (Å²) in [7, 11) is -3.06. The molecule has 2 amide bonds. The Morgan fingerprint density at radius 2 is 1.95 bits per heavy atom. The average Bonchev–Trinajstić information content (AvgIpc) is 2.34. The number of hydrogen-bond donors (Lipinski definition) is 2. The maximum Gasteiger partial charge on any atom is 0.314 e. The van der Waals surface area contributed by atoms with Crippen LogP contribution in [0.25, 0.3) is 0 Å². The first-order valence-electron chi connectivity index (χ1n) is 7.01. The van der Waals surface area contributed by atoms with Crippen LogP contribution in [-0.2, 0) is 16.3 Å². The highest BCUT2D eigenvalue weighted by Gasteiger charge is 2.19. The summed E-state index contributed by atoms with van der Waals surface area (Å²) in [6.45, 7) is 4.68. The summed E-state index contributed by atoms with van der Waals surface area (Å²) in [4.78, 5) is 11.6. The largest absolute Gasteiger partial charge is 0.338 e. The highest BCUT2D eigenvalue weighted by molar-refractivity contribution is 7.90. The van der Waals surface area contributed by atoms with E-state index in [1.165, 1.54) is 0 Å². The smallest absolute Gasteiger partial charge is 0.314 e. The van der Waals surface area contributed by atoms with Crippen LogP contribution in [0.2, 0.25) is 5.02 Å². The third-order valence-corrected chi connectivity index (χ3v) is 4.24. The van der Waals surface area contributed by atoms with Crippen molar-refractivity contribution in [3.8, 4) is 0 Å². The van der Waals surface area contributed by atoms with Gasteiger partial charge in [-0.05, 0) is 29.5 Å². The summed E-state index contributed by atoms with van der Waals surface area (Å²) in [6.07, 6.45) is 1.91. The molecular weight excluding hydrogens is 324 g/mol. The highest BCUT2D eigenvalue weighted by Crippen LogP contribution is 2.22. The lowest BCUT2D eigenvalue weighted by molar-refractivity contribution is 0.234. The zero-order valence-corrected chi connectivity index (χ0v) is 14.7. The van der Waals surface area contributed by atoms with Crippen molar-refractivity contribution >= 4 is 27.5 Å². The van der Waals surface area contributed by atoms with Crippen molar-refractivity contribution in [3.05, 3.63) is 34.9 Å². The van der Waals surface area contributed by atoms with Crippen molar-refractivity contribution in [1.29, 1.82) is 0 Å². The number of halogens is 1. The van der Waals surface area contributed by atoms with Crippen LogP contribution in [-0.4, -0.2) is 39.5 Å². The van der Waals surface area contributed by atoms with Crippen LogP contribution < -0.4 is 10.6 Å². The monoisotopic (exact) mass is 346 g/mol. The maximum atomic E-state index is 11.6. The quantitative estimate of drug-likeness (QED) is 0.795. The van der Waals surface area contributed by atoms with E-state index in [0.717, 1.165) is 18.2 Å². The van der Waals surface area contributed by atoms with Crippen molar-refractivity contribution in [3.63, 3.8) is 0 Å². The highest BCUT2D eigenvalue weighted by atomic mass is 35.5. The molecule has 1 aromatic rings. The van der Waals surface area contributed by atoms with Gasteiger partial charge in [-0.2, -0.15) is 0 Å². The van der Waals surface area contributed by atoms with Crippen LogP contribution in [0.1, 0.15) is 19.4 Å². The molecule has 7 heteroatoms. The van der Waals surface area contributed by atoms with E-state index >= 15 is 0 Å². The van der Waals surface area contributed by atoms with Gasteiger partial charge in [0.15, 0.2) is 0 Å². The maximum absolute atomic E-state index is 11.6. The third-order valence-electron chi connectivity index (χ3n) is 3.06. The lowest BCUT2D eigenvalue weighted by Gasteiger charge is -2.25. The van der Waals surface area contributed by atoms with Crippen LogP contribution >= 0.6 is 11.6 Å². The first kappa shape index (κ1) is 18.8. The number of carbonyl (C=O) groups excluding carboxylic acids is 1. The number of urea groups is 1. The summed E-state index contributed by atoms with van der Waals surface area (Å²) in [5.41, 5.74) is 0.968. The lowest BCUT2D eigenvalue weighted by atomic mass is 9.86. The molecule has 0 saturated heterocycles. The molecule has 0 spiro atoms. The molecule has 0 radical (unpaired) electrons. The fourth-order valence-electron chi connectivity index (χ4n) is 1.99. The number of benzene rings is 1. The fourth-order valence-corrected chi connectivity index (χ4v) is 2.68. The molecule has 5 nitrogen and oxygen atoms in total. The van der Waals surface area contributed by atoms with Gasteiger partial charge < -0.3 is 10.6 Å². The predicted molar refractivity (Wildman–Crippen MR) is 90.0 cm³/mol. The van der Waals surface area contributed by atoms with E-state index in [0.29, 0.717) is 11.6 Å². The second-order valence-electron chi connectivity index (χ2n) is 6.21. The summed E-state index contributed by atoms with van der Waals surface area (Å²) >= 11 is 5.97. The Labute approximate surface area is 137 Å².